The van der Waals surface area contributed by atoms with Gasteiger partial charge in [-0.05, 0) is 20.8 Å². The number of carbonyl (C=O) groups is 1. The second-order valence-corrected chi connectivity index (χ2v) is 5.18. The molecule has 1 atom stereocenters. The van der Waals surface area contributed by atoms with Gasteiger partial charge in [0.2, 0.25) is 5.91 Å². The molecule has 0 bridgehead atoms. The number of ether oxygens (including phenoxy) is 1. The third-order valence-electron chi connectivity index (χ3n) is 2.52. The number of halogens is 3. The molecule has 1 aliphatic heterocycles. The van der Waals surface area contributed by atoms with E-state index in [-0.39, 0.29) is 18.6 Å². The van der Waals surface area contributed by atoms with E-state index in [1.807, 2.05) is 20.8 Å². The summed E-state index contributed by atoms with van der Waals surface area (Å²) in [4.78, 5) is 13.3. The molecule has 4 nitrogen and oxygen atoms in total. The normalized spacial score (nSPS) is 24.1. The lowest BCUT2D eigenvalue weighted by atomic mass is 10.1. The molecular weight excluding hydrogens is 249 g/mol. The van der Waals surface area contributed by atoms with Crippen LogP contribution < -0.4 is 5.32 Å². The minimum absolute atomic E-state index is 0.111. The summed E-state index contributed by atoms with van der Waals surface area (Å²) in [5.41, 5.74) is -0.461. The summed E-state index contributed by atoms with van der Waals surface area (Å²) in [5, 5.41) is 2.11. The number of alkyl halides is 3. The molecule has 0 aliphatic carbocycles. The van der Waals surface area contributed by atoms with Crippen LogP contribution in [0.15, 0.2) is 0 Å². The molecule has 18 heavy (non-hydrogen) atoms. The Kier molecular flexibility index (Phi) is 4.61. The summed E-state index contributed by atoms with van der Waals surface area (Å²) in [6.45, 7) is 4.90. The lowest BCUT2D eigenvalue weighted by Gasteiger charge is -2.41. The Labute approximate surface area is 104 Å². The summed E-state index contributed by atoms with van der Waals surface area (Å²) >= 11 is 0. The SMILES string of the molecule is CC1CN(C(=O)CNCC(F)(F)F)CC(C)(C)O1. The minimum atomic E-state index is -4.29. The molecule has 1 unspecified atom stereocenters. The van der Waals surface area contributed by atoms with Crippen molar-refractivity contribution in [2.24, 2.45) is 0 Å². The zero-order chi connectivity index (χ0) is 14.0. The van der Waals surface area contributed by atoms with Gasteiger partial charge in [0.25, 0.3) is 0 Å². The summed E-state index contributed by atoms with van der Waals surface area (Å²) in [7, 11) is 0. The highest BCUT2D eigenvalue weighted by atomic mass is 19.4. The molecule has 0 aromatic carbocycles. The van der Waals surface area contributed by atoms with E-state index in [1.54, 1.807) is 0 Å². The summed E-state index contributed by atoms with van der Waals surface area (Å²) in [6.07, 6.45) is -4.40. The maximum Gasteiger partial charge on any atom is 0.401 e. The van der Waals surface area contributed by atoms with Gasteiger partial charge in [-0.15, -0.1) is 0 Å². The average molecular weight is 268 g/mol. The van der Waals surface area contributed by atoms with E-state index in [1.165, 1.54) is 4.90 Å². The van der Waals surface area contributed by atoms with E-state index in [2.05, 4.69) is 5.32 Å². The number of carbonyl (C=O) groups excluding carboxylic acids is 1. The number of hydrogen-bond acceptors (Lipinski definition) is 3. The molecule has 0 aromatic heterocycles. The van der Waals surface area contributed by atoms with E-state index in [9.17, 15) is 18.0 Å². The first-order valence-corrected chi connectivity index (χ1v) is 5.82. The van der Waals surface area contributed by atoms with Gasteiger partial charge in [0.1, 0.15) is 0 Å². The molecule has 1 aliphatic rings. The monoisotopic (exact) mass is 268 g/mol. The van der Waals surface area contributed by atoms with Crippen LogP contribution in [0.25, 0.3) is 0 Å². The lowest BCUT2D eigenvalue weighted by Crippen LogP contribution is -2.55. The van der Waals surface area contributed by atoms with Gasteiger partial charge in [-0.25, -0.2) is 0 Å². The predicted octanol–water partition coefficient (Wildman–Crippen LogP) is 1.16. The Morgan fingerprint density at radius 3 is 2.61 bits per heavy atom. The number of nitrogens with zero attached hydrogens (tertiary/aromatic N) is 1. The van der Waals surface area contributed by atoms with Crippen molar-refractivity contribution in [3.63, 3.8) is 0 Å². The van der Waals surface area contributed by atoms with Crippen LogP contribution in [-0.2, 0) is 9.53 Å². The summed E-state index contributed by atoms with van der Waals surface area (Å²) in [6, 6.07) is 0. The van der Waals surface area contributed by atoms with Crippen molar-refractivity contribution in [1.29, 1.82) is 0 Å². The van der Waals surface area contributed by atoms with Crippen molar-refractivity contribution in [2.45, 2.75) is 38.7 Å². The Hall–Kier alpha value is -0.820. The highest BCUT2D eigenvalue weighted by Crippen LogP contribution is 2.20. The minimum Gasteiger partial charge on any atom is -0.369 e. The summed E-state index contributed by atoms with van der Waals surface area (Å²) in [5.74, 6) is -0.331. The maximum atomic E-state index is 11.9. The molecule has 1 N–H and O–H groups in total. The Morgan fingerprint density at radius 1 is 1.50 bits per heavy atom. The molecule has 1 saturated heterocycles. The Bertz CT molecular complexity index is 305. The molecule has 1 heterocycles. The molecule has 0 saturated carbocycles. The standard InChI is InChI=1S/C11H19F3N2O2/c1-8-5-16(7-10(2,3)18-8)9(17)4-15-6-11(12,13)14/h8,15H,4-7H2,1-3H3. The number of nitrogens with one attached hydrogen (secondary N) is 1. The van der Waals surface area contributed by atoms with Gasteiger partial charge in [-0.2, -0.15) is 13.2 Å². The topological polar surface area (TPSA) is 41.6 Å². The highest BCUT2D eigenvalue weighted by Gasteiger charge is 2.34. The van der Waals surface area contributed by atoms with Crippen LogP contribution >= 0.6 is 0 Å². The fourth-order valence-electron chi connectivity index (χ4n) is 2.07. The van der Waals surface area contributed by atoms with Gasteiger partial charge in [0.05, 0.1) is 24.8 Å². The van der Waals surface area contributed by atoms with Crippen LogP contribution in [-0.4, -0.2) is 54.9 Å². The molecule has 0 radical (unpaired) electrons. The number of morpholine rings is 1. The first kappa shape index (κ1) is 15.2. The van der Waals surface area contributed by atoms with Crippen LogP contribution in [0.2, 0.25) is 0 Å². The van der Waals surface area contributed by atoms with E-state index >= 15 is 0 Å². The van der Waals surface area contributed by atoms with Gasteiger partial charge in [0, 0.05) is 13.1 Å². The lowest BCUT2D eigenvalue weighted by molar-refractivity contribution is -0.158. The number of hydrogen-bond donors (Lipinski definition) is 1. The summed E-state index contributed by atoms with van der Waals surface area (Å²) < 4.78 is 41.4. The Morgan fingerprint density at radius 2 is 2.11 bits per heavy atom. The second kappa shape index (κ2) is 5.44. The van der Waals surface area contributed by atoms with Crippen molar-refractivity contribution in [3.8, 4) is 0 Å². The van der Waals surface area contributed by atoms with Crippen LogP contribution in [0.3, 0.4) is 0 Å². The van der Waals surface area contributed by atoms with Crippen molar-refractivity contribution >= 4 is 5.91 Å². The number of amides is 1. The fourth-order valence-corrected chi connectivity index (χ4v) is 2.07. The van der Waals surface area contributed by atoms with Crippen molar-refractivity contribution < 1.29 is 22.7 Å². The quantitative estimate of drug-likeness (QED) is 0.835. The third kappa shape index (κ3) is 5.22. The van der Waals surface area contributed by atoms with E-state index < -0.39 is 18.3 Å². The van der Waals surface area contributed by atoms with E-state index in [0.717, 1.165) is 0 Å². The second-order valence-electron chi connectivity index (χ2n) is 5.18. The molecule has 0 spiro atoms. The first-order valence-electron chi connectivity index (χ1n) is 5.82. The van der Waals surface area contributed by atoms with Gasteiger partial charge in [-0.1, -0.05) is 0 Å². The molecule has 0 aromatic rings. The molecule has 106 valence electrons. The maximum absolute atomic E-state index is 11.9. The first-order chi connectivity index (χ1) is 8.09. The molecule has 7 heteroatoms. The molecular formula is C11H19F3N2O2. The van der Waals surface area contributed by atoms with Crippen molar-refractivity contribution in [3.05, 3.63) is 0 Å². The van der Waals surface area contributed by atoms with Crippen molar-refractivity contribution in [2.75, 3.05) is 26.2 Å². The highest BCUT2D eigenvalue weighted by molar-refractivity contribution is 5.78. The van der Waals surface area contributed by atoms with Gasteiger partial charge >= 0.3 is 6.18 Å². The smallest absolute Gasteiger partial charge is 0.369 e. The fraction of sp³-hybridized carbons (Fsp3) is 0.909. The third-order valence-corrected chi connectivity index (χ3v) is 2.52. The number of rotatable bonds is 3. The van der Waals surface area contributed by atoms with Crippen LogP contribution in [0, 0.1) is 0 Å². The average Bonchev–Trinajstić information content (AvgIpc) is 2.11. The van der Waals surface area contributed by atoms with Crippen molar-refractivity contribution in [1.82, 2.24) is 10.2 Å². The van der Waals surface area contributed by atoms with E-state index in [4.69, 9.17) is 4.74 Å². The van der Waals surface area contributed by atoms with Crippen LogP contribution in [0.5, 0.6) is 0 Å². The van der Waals surface area contributed by atoms with Gasteiger partial charge in [0.15, 0.2) is 0 Å². The predicted molar refractivity (Wildman–Crippen MR) is 60.1 cm³/mol. The Balaban J connectivity index is 2.42. The van der Waals surface area contributed by atoms with Gasteiger partial charge in [-0.3, -0.25) is 4.79 Å². The largest absolute Gasteiger partial charge is 0.401 e. The zero-order valence-electron chi connectivity index (χ0n) is 10.8. The van der Waals surface area contributed by atoms with Crippen LogP contribution in [0.4, 0.5) is 13.2 Å². The van der Waals surface area contributed by atoms with E-state index in [0.29, 0.717) is 13.1 Å². The van der Waals surface area contributed by atoms with Crippen LogP contribution in [0.1, 0.15) is 20.8 Å². The molecule has 1 rings (SSSR count). The van der Waals surface area contributed by atoms with Gasteiger partial charge < -0.3 is 15.0 Å². The molecule has 1 fully saturated rings. The zero-order valence-corrected chi connectivity index (χ0v) is 10.8. The molecule has 1 amide bonds.